The van der Waals surface area contributed by atoms with E-state index >= 15 is 0 Å². The van der Waals surface area contributed by atoms with Gasteiger partial charge in [-0.1, -0.05) is 18.2 Å². The number of aliphatic hydroxyl groups is 2. The summed E-state index contributed by atoms with van der Waals surface area (Å²) < 4.78 is 17.4. The highest BCUT2D eigenvalue weighted by Gasteiger charge is 2.53. The van der Waals surface area contributed by atoms with Gasteiger partial charge in [-0.3, -0.25) is 9.78 Å². The van der Waals surface area contributed by atoms with Crippen molar-refractivity contribution in [2.45, 2.75) is 69.2 Å². The fourth-order valence-corrected chi connectivity index (χ4v) is 5.89. The van der Waals surface area contributed by atoms with Crippen molar-refractivity contribution in [2.24, 2.45) is 0 Å². The maximum absolute atomic E-state index is 13.4. The summed E-state index contributed by atoms with van der Waals surface area (Å²) in [5, 5.41) is 22.8. The number of hydrogen-bond acceptors (Lipinski definition) is 7. The van der Waals surface area contributed by atoms with Gasteiger partial charge in [0, 0.05) is 70.1 Å². The number of ether oxygens (including phenoxy) is 3. The minimum Gasteiger partial charge on any atom is -0.390 e. The molecular weight excluding hydrogens is 484 g/mol. The number of aromatic nitrogens is 1. The van der Waals surface area contributed by atoms with E-state index in [1.165, 1.54) is 0 Å². The van der Waals surface area contributed by atoms with E-state index in [4.69, 9.17) is 14.2 Å². The lowest BCUT2D eigenvalue weighted by molar-refractivity contribution is -0.132. The molecule has 3 rings (SSSR count). The smallest absolute Gasteiger partial charge is 0.254 e. The number of rotatable bonds is 12. The summed E-state index contributed by atoms with van der Waals surface area (Å²) >= 11 is 0. The summed E-state index contributed by atoms with van der Waals surface area (Å²) in [7, 11) is 3.28. The van der Waals surface area contributed by atoms with Crippen molar-refractivity contribution in [3.63, 3.8) is 0 Å². The van der Waals surface area contributed by atoms with Crippen LogP contribution in [0.2, 0.25) is 0 Å². The van der Waals surface area contributed by atoms with Crippen LogP contribution in [0.4, 0.5) is 0 Å². The van der Waals surface area contributed by atoms with E-state index in [9.17, 15) is 15.0 Å². The maximum atomic E-state index is 13.4. The lowest BCUT2D eigenvalue weighted by Gasteiger charge is -2.51. The molecule has 0 radical (unpaired) electrons. The van der Waals surface area contributed by atoms with Crippen LogP contribution in [0.15, 0.2) is 48.8 Å². The molecule has 0 bridgehead atoms. The van der Waals surface area contributed by atoms with Crippen LogP contribution in [-0.4, -0.2) is 89.9 Å². The number of pyridine rings is 1. The first-order chi connectivity index (χ1) is 17.9. The van der Waals surface area contributed by atoms with Gasteiger partial charge in [-0.25, -0.2) is 0 Å². The number of nitrogens with zero attached hydrogens (tertiary/aromatic N) is 2. The van der Waals surface area contributed by atoms with Gasteiger partial charge in [-0.15, -0.1) is 0 Å². The Hall–Kier alpha value is -2.36. The third-order valence-electron chi connectivity index (χ3n) is 7.42. The Labute approximate surface area is 226 Å². The monoisotopic (exact) mass is 528 g/mol. The van der Waals surface area contributed by atoms with Crippen molar-refractivity contribution in [1.29, 1.82) is 0 Å². The molecule has 1 aromatic carbocycles. The predicted octanol–water partition coefficient (Wildman–Crippen LogP) is 3.78. The van der Waals surface area contributed by atoms with Crippen molar-refractivity contribution in [3.05, 3.63) is 65.5 Å². The van der Waals surface area contributed by atoms with Gasteiger partial charge in [-0.2, -0.15) is 0 Å². The second-order valence-electron chi connectivity index (χ2n) is 11.4. The fraction of sp³-hybridized carbons (Fsp3) is 0.600. The van der Waals surface area contributed by atoms with Gasteiger partial charge < -0.3 is 29.3 Å². The van der Waals surface area contributed by atoms with E-state index in [-0.39, 0.29) is 11.8 Å². The first kappa shape index (κ1) is 30.2. The van der Waals surface area contributed by atoms with Gasteiger partial charge >= 0.3 is 0 Å². The summed E-state index contributed by atoms with van der Waals surface area (Å²) in [6.07, 6.45) is 4.29. The normalized spacial score (nSPS) is 18.1. The second-order valence-corrected chi connectivity index (χ2v) is 11.4. The Morgan fingerprint density at radius 1 is 1.08 bits per heavy atom. The molecule has 1 amide bonds. The van der Waals surface area contributed by atoms with Crippen molar-refractivity contribution in [1.82, 2.24) is 9.88 Å². The number of amides is 1. The molecule has 3 unspecified atom stereocenters. The Morgan fingerprint density at radius 2 is 1.76 bits per heavy atom. The van der Waals surface area contributed by atoms with Crippen LogP contribution < -0.4 is 0 Å². The van der Waals surface area contributed by atoms with E-state index < -0.39 is 22.7 Å². The molecule has 210 valence electrons. The third kappa shape index (κ3) is 7.18. The van der Waals surface area contributed by atoms with Crippen molar-refractivity contribution in [3.8, 4) is 0 Å². The van der Waals surface area contributed by atoms with Gasteiger partial charge in [0.2, 0.25) is 0 Å². The number of hydrogen-bond donors (Lipinski definition) is 2. The quantitative estimate of drug-likeness (QED) is 0.432. The van der Waals surface area contributed by atoms with Crippen LogP contribution in [0, 0.1) is 0 Å². The number of carbonyl (C=O) groups excluding carboxylic acids is 1. The topological polar surface area (TPSA) is 101 Å². The highest BCUT2D eigenvalue weighted by Crippen LogP contribution is 2.52. The first-order valence-corrected chi connectivity index (χ1v) is 13.3. The molecule has 1 aliphatic rings. The molecule has 8 nitrogen and oxygen atoms in total. The lowest BCUT2D eigenvalue weighted by Crippen LogP contribution is -2.54. The summed E-state index contributed by atoms with van der Waals surface area (Å²) in [6, 6.07) is 11.3. The molecule has 1 fully saturated rings. The van der Waals surface area contributed by atoms with Gasteiger partial charge in [-0.05, 0) is 63.4 Å². The number of carbonyl (C=O) groups is 1. The molecule has 3 atom stereocenters. The molecule has 1 aromatic heterocycles. The third-order valence-corrected chi connectivity index (χ3v) is 7.42. The Balaban J connectivity index is 2.20. The van der Waals surface area contributed by atoms with Crippen LogP contribution in [0.3, 0.4) is 0 Å². The molecule has 0 saturated carbocycles. The van der Waals surface area contributed by atoms with Crippen LogP contribution in [-0.2, 0) is 14.2 Å². The molecule has 2 N–H and O–H groups in total. The molecule has 1 saturated heterocycles. The van der Waals surface area contributed by atoms with Crippen LogP contribution in [0.5, 0.6) is 0 Å². The number of benzene rings is 1. The van der Waals surface area contributed by atoms with Gasteiger partial charge in [0.15, 0.2) is 0 Å². The van der Waals surface area contributed by atoms with Crippen LogP contribution >= 0.6 is 0 Å². The Morgan fingerprint density at radius 3 is 2.32 bits per heavy atom. The molecule has 0 aliphatic carbocycles. The van der Waals surface area contributed by atoms with Crippen LogP contribution in [0.25, 0.3) is 0 Å². The van der Waals surface area contributed by atoms with E-state index in [1.807, 2.05) is 36.4 Å². The molecule has 8 heteroatoms. The number of methoxy groups -OCH3 is 2. The zero-order chi connectivity index (χ0) is 28.0. The van der Waals surface area contributed by atoms with Crippen molar-refractivity contribution in [2.75, 3.05) is 47.1 Å². The summed E-state index contributed by atoms with van der Waals surface area (Å²) in [6.45, 7) is 9.57. The van der Waals surface area contributed by atoms with Gasteiger partial charge in [0.05, 0.1) is 30.0 Å². The molecular formula is C30H44N2O6. The van der Waals surface area contributed by atoms with E-state index in [1.54, 1.807) is 59.2 Å². The van der Waals surface area contributed by atoms with Crippen LogP contribution in [0.1, 0.15) is 73.9 Å². The van der Waals surface area contributed by atoms with E-state index in [0.717, 1.165) is 11.1 Å². The molecule has 1 aliphatic heterocycles. The van der Waals surface area contributed by atoms with Gasteiger partial charge in [0.1, 0.15) is 0 Å². The van der Waals surface area contributed by atoms with E-state index in [2.05, 4.69) is 4.98 Å². The molecule has 38 heavy (non-hydrogen) atoms. The van der Waals surface area contributed by atoms with E-state index in [0.29, 0.717) is 51.3 Å². The second kappa shape index (κ2) is 12.7. The van der Waals surface area contributed by atoms with Gasteiger partial charge in [0.25, 0.3) is 5.91 Å². The minimum atomic E-state index is -1.26. The summed E-state index contributed by atoms with van der Waals surface area (Å²) in [5.41, 5.74) is -1.09. The standard InChI is InChI=1S/C30H44N2O6/c1-28(2,34)20-25(24-11-8-13-31-21-24)30(37-6,12-16-36-5)26(29(3,4)35)22-9-7-10-23(19-22)27(33)32-14-17-38-18-15-32/h7-11,13,19,21,25-26,34-35H,12,14-18,20H2,1-6H3. The lowest BCUT2D eigenvalue weighted by atomic mass is 9.62. The summed E-state index contributed by atoms with van der Waals surface area (Å²) in [5.74, 6) is -1.00. The largest absolute Gasteiger partial charge is 0.390 e. The predicted molar refractivity (Wildman–Crippen MR) is 146 cm³/mol. The highest BCUT2D eigenvalue weighted by molar-refractivity contribution is 5.94. The average Bonchev–Trinajstić information content (AvgIpc) is 2.89. The number of morpholine rings is 1. The zero-order valence-corrected chi connectivity index (χ0v) is 23.6. The molecule has 2 heterocycles. The SMILES string of the molecule is COCCC(OC)(C(CC(C)(C)O)c1cccnc1)C(c1cccc(C(=O)N2CCOCC2)c1)C(C)(C)O. The first-order valence-electron chi connectivity index (χ1n) is 13.3. The maximum Gasteiger partial charge on any atom is 0.254 e. The Bertz CT molecular complexity index is 1030. The minimum absolute atomic E-state index is 0.0649. The zero-order valence-electron chi connectivity index (χ0n) is 23.6. The van der Waals surface area contributed by atoms with Crippen molar-refractivity contribution < 1.29 is 29.2 Å². The van der Waals surface area contributed by atoms with Crippen molar-refractivity contribution >= 4 is 5.91 Å². The molecule has 2 aromatic rings. The summed E-state index contributed by atoms with van der Waals surface area (Å²) in [4.78, 5) is 19.5. The average molecular weight is 529 g/mol. The highest BCUT2D eigenvalue weighted by atomic mass is 16.5. The fourth-order valence-electron chi connectivity index (χ4n) is 5.89. The Kier molecular flexibility index (Phi) is 10.1. The molecule has 0 spiro atoms.